The number of carbonyl (C=O) groups excluding carboxylic acids is 1. The molecule has 2 aromatic rings. The molecule has 0 aliphatic heterocycles. The molecule has 94 valence electrons. The zero-order valence-corrected chi connectivity index (χ0v) is 11.5. The number of rotatable bonds is 4. The molecule has 0 aliphatic rings. The molecule has 2 rings (SSSR count). The first-order valence-electron chi connectivity index (χ1n) is 5.83. The maximum Gasteiger partial charge on any atom is 0.171 e. The van der Waals surface area contributed by atoms with Crippen LogP contribution >= 0.6 is 11.3 Å². The van der Waals surface area contributed by atoms with E-state index in [9.17, 15) is 4.79 Å². The minimum atomic E-state index is 0.0715. The summed E-state index contributed by atoms with van der Waals surface area (Å²) < 4.78 is 5.39. The summed E-state index contributed by atoms with van der Waals surface area (Å²) in [6.07, 6.45) is 0. The number of hydrogen-bond donors (Lipinski definition) is 0. The smallest absolute Gasteiger partial charge is 0.171 e. The fraction of sp³-hybridized carbons (Fsp3) is 0.286. The summed E-state index contributed by atoms with van der Waals surface area (Å²) in [6.45, 7) is 6.05. The topological polar surface area (TPSA) is 39.2 Å². The van der Waals surface area contributed by atoms with E-state index in [2.05, 4.69) is 4.98 Å². The maximum atomic E-state index is 11.4. The summed E-state index contributed by atoms with van der Waals surface area (Å²) in [4.78, 5) is 16.6. The molecule has 1 heterocycles. The van der Waals surface area contributed by atoms with E-state index in [1.165, 1.54) is 11.3 Å². The molecule has 0 amide bonds. The summed E-state index contributed by atoms with van der Waals surface area (Å²) in [5.74, 6) is 0.920. The Morgan fingerprint density at radius 1 is 1.33 bits per heavy atom. The number of aryl methyl sites for hydroxylation is 1. The molecule has 0 spiro atoms. The van der Waals surface area contributed by atoms with Crippen LogP contribution in [0.5, 0.6) is 5.75 Å². The molecule has 0 atom stereocenters. The van der Waals surface area contributed by atoms with Gasteiger partial charge >= 0.3 is 0 Å². The van der Waals surface area contributed by atoms with Crippen LogP contribution in [0.15, 0.2) is 24.3 Å². The molecule has 0 aliphatic carbocycles. The molecule has 4 heteroatoms. The molecule has 3 nitrogen and oxygen atoms in total. The predicted octanol–water partition coefficient (Wildman–Crippen LogP) is 3.72. The van der Waals surface area contributed by atoms with Gasteiger partial charge in [0.2, 0.25) is 0 Å². The van der Waals surface area contributed by atoms with Crippen molar-refractivity contribution >= 4 is 17.1 Å². The standard InChI is InChI=1S/C14H15NO2S/c1-4-17-12-7-5-11(6-8-12)14-15-9(2)13(18-14)10(3)16/h5-8H,4H2,1-3H3. The van der Waals surface area contributed by atoms with E-state index in [0.29, 0.717) is 6.61 Å². The number of thiazole rings is 1. The van der Waals surface area contributed by atoms with Crippen molar-refractivity contribution in [1.29, 1.82) is 0 Å². The Morgan fingerprint density at radius 3 is 2.50 bits per heavy atom. The van der Waals surface area contributed by atoms with E-state index in [1.54, 1.807) is 6.92 Å². The lowest BCUT2D eigenvalue weighted by atomic mass is 10.2. The van der Waals surface area contributed by atoms with Gasteiger partial charge in [0.25, 0.3) is 0 Å². The van der Waals surface area contributed by atoms with Crippen LogP contribution in [0.4, 0.5) is 0 Å². The lowest BCUT2D eigenvalue weighted by Gasteiger charge is -2.02. The Kier molecular flexibility index (Phi) is 3.77. The van der Waals surface area contributed by atoms with Gasteiger partial charge in [-0.3, -0.25) is 4.79 Å². The van der Waals surface area contributed by atoms with Crippen LogP contribution in [0.1, 0.15) is 29.2 Å². The Labute approximate surface area is 110 Å². The number of aromatic nitrogens is 1. The van der Waals surface area contributed by atoms with Gasteiger partial charge in [-0.05, 0) is 38.1 Å². The van der Waals surface area contributed by atoms with Gasteiger partial charge in [0.15, 0.2) is 5.78 Å². The summed E-state index contributed by atoms with van der Waals surface area (Å²) in [5, 5.41) is 0.876. The first-order valence-corrected chi connectivity index (χ1v) is 6.65. The Bertz CT molecular complexity index is 558. The molecular weight excluding hydrogens is 246 g/mol. The lowest BCUT2D eigenvalue weighted by Crippen LogP contribution is -1.90. The summed E-state index contributed by atoms with van der Waals surface area (Å²) >= 11 is 1.44. The average Bonchev–Trinajstić information content (AvgIpc) is 2.73. The van der Waals surface area contributed by atoms with E-state index < -0.39 is 0 Å². The number of benzene rings is 1. The quantitative estimate of drug-likeness (QED) is 0.787. The van der Waals surface area contributed by atoms with Crippen LogP contribution in [0.3, 0.4) is 0 Å². The van der Waals surface area contributed by atoms with E-state index in [1.807, 2.05) is 38.1 Å². The summed E-state index contributed by atoms with van der Waals surface area (Å²) in [5.41, 5.74) is 1.82. The third-order valence-electron chi connectivity index (χ3n) is 2.53. The van der Waals surface area contributed by atoms with Crippen molar-refractivity contribution < 1.29 is 9.53 Å². The number of Topliss-reactive ketones (excluding diaryl/α,β-unsaturated/α-hetero) is 1. The van der Waals surface area contributed by atoms with Gasteiger partial charge < -0.3 is 4.74 Å². The summed E-state index contributed by atoms with van der Waals surface area (Å²) in [7, 11) is 0. The number of hydrogen-bond acceptors (Lipinski definition) is 4. The Morgan fingerprint density at radius 2 is 2.00 bits per heavy atom. The third kappa shape index (κ3) is 2.59. The number of nitrogens with zero attached hydrogens (tertiary/aromatic N) is 1. The molecular formula is C14H15NO2S. The van der Waals surface area contributed by atoms with E-state index in [4.69, 9.17) is 4.74 Å². The van der Waals surface area contributed by atoms with Gasteiger partial charge in [-0.15, -0.1) is 11.3 Å². The molecule has 18 heavy (non-hydrogen) atoms. The average molecular weight is 261 g/mol. The van der Waals surface area contributed by atoms with Gasteiger partial charge in [-0.1, -0.05) is 0 Å². The lowest BCUT2D eigenvalue weighted by molar-refractivity contribution is 0.102. The number of ether oxygens (including phenoxy) is 1. The maximum absolute atomic E-state index is 11.4. The molecule has 1 aromatic heterocycles. The first-order chi connectivity index (χ1) is 8.61. The molecule has 0 saturated carbocycles. The molecule has 0 fully saturated rings. The fourth-order valence-corrected chi connectivity index (χ4v) is 2.67. The zero-order chi connectivity index (χ0) is 13.1. The van der Waals surface area contributed by atoms with E-state index in [0.717, 1.165) is 26.9 Å². The van der Waals surface area contributed by atoms with E-state index in [-0.39, 0.29) is 5.78 Å². The van der Waals surface area contributed by atoms with E-state index >= 15 is 0 Å². The molecule has 0 N–H and O–H groups in total. The minimum absolute atomic E-state index is 0.0715. The van der Waals surface area contributed by atoms with Crippen molar-refractivity contribution in [3.8, 4) is 16.3 Å². The van der Waals surface area contributed by atoms with Crippen molar-refractivity contribution in [2.45, 2.75) is 20.8 Å². The second-order valence-corrected chi connectivity index (χ2v) is 4.95. The fourth-order valence-electron chi connectivity index (χ4n) is 1.71. The van der Waals surface area contributed by atoms with Gasteiger partial charge in [0, 0.05) is 12.5 Å². The van der Waals surface area contributed by atoms with Crippen LogP contribution in [0.25, 0.3) is 10.6 Å². The molecule has 1 aromatic carbocycles. The van der Waals surface area contributed by atoms with Gasteiger partial charge in [-0.25, -0.2) is 4.98 Å². The third-order valence-corrected chi connectivity index (χ3v) is 3.84. The van der Waals surface area contributed by atoms with Crippen molar-refractivity contribution in [2.75, 3.05) is 6.61 Å². The minimum Gasteiger partial charge on any atom is -0.494 e. The Hall–Kier alpha value is -1.68. The van der Waals surface area contributed by atoms with Crippen molar-refractivity contribution in [1.82, 2.24) is 4.98 Å². The van der Waals surface area contributed by atoms with Gasteiger partial charge in [0.1, 0.15) is 10.8 Å². The van der Waals surface area contributed by atoms with Gasteiger partial charge in [0.05, 0.1) is 17.2 Å². The highest BCUT2D eigenvalue weighted by Gasteiger charge is 2.12. The highest BCUT2D eigenvalue weighted by atomic mass is 32.1. The number of ketones is 1. The SMILES string of the molecule is CCOc1ccc(-c2nc(C)c(C(C)=O)s2)cc1. The van der Waals surface area contributed by atoms with Crippen molar-refractivity contribution in [3.05, 3.63) is 34.8 Å². The largest absolute Gasteiger partial charge is 0.494 e. The van der Waals surface area contributed by atoms with Crippen molar-refractivity contribution in [3.63, 3.8) is 0 Å². The van der Waals surface area contributed by atoms with Crippen LogP contribution < -0.4 is 4.74 Å². The normalized spacial score (nSPS) is 10.4. The highest BCUT2D eigenvalue weighted by molar-refractivity contribution is 7.17. The second kappa shape index (κ2) is 5.31. The number of carbonyl (C=O) groups is 1. The molecule has 0 saturated heterocycles. The van der Waals surface area contributed by atoms with Crippen molar-refractivity contribution in [2.24, 2.45) is 0 Å². The summed E-state index contributed by atoms with van der Waals surface area (Å²) in [6, 6.07) is 7.77. The van der Waals surface area contributed by atoms with Crippen LogP contribution in [0, 0.1) is 6.92 Å². The van der Waals surface area contributed by atoms with Crippen LogP contribution in [0.2, 0.25) is 0 Å². The zero-order valence-electron chi connectivity index (χ0n) is 10.7. The second-order valence-electron chi connectivity index (χ2n) is 3.95. The monoisotopic (exact) mass is 261 g/mol. The molecule has 0 radical (unpaired) electrons. The Balaban J connectivity index is 2.31. The van der Waals surface area contributed by atoms with Crippen LogP contribution in [-0.4, -0.2) is 17.4 Å². The molecule has 0 unspecified atom stereocenters. The first kappa shape index (κ1) is 12.8. The van der Waals surface area contributed by atoms with Gasteiger partial charge in [-0.2, -0.15) is 0 Å². The highest BCUT2D eigenvalue weighted by Crippen LogP contribution is 2.29. The molecule has 0 bridgehead atoms. The van der Waals surface area contributed by atoms with Crippen LogP contribution in [-0.2, 0) is 0 Å². The predicted molar refractivity (Wildman–Crippen MR) is 73.5 cm³/mol.